The maximum Gasteiger partial charge on any atom is 0.265 e. The number of benzene rings is 1. The molecule has 0 spiro atoms. The van der Waals surface area contributed by atoms with Gasteiger partial charge in [-0.25, -0.2) is 0 Å². The number of fused-ring (bicyclic) bond motifs is 1. The molecule has 1 aromatic carbocycles. The number of amides is 1. The van der Waals surface area contributed by atoms with Crippen LogP contribution in [0.3, 0.4) is 0 Å². The van der Waals surface area contributed by atoms with Crippen LogP contribution in [0.25, 0.3) is 0 Å². The zero-order valence-electron chi connectivity index (χ0n) is 11.6. The first kappa shape index (κ1) is 14.3. The molecule has 2 heterocycles. The zero-order chi connectivity index (χ0) is 14.8. The number of thiophene rings is 1. The Hall–Kier alpha value is -1.66. The maximum absolute atomic E-state index is 12.3. The van der Waals surface area contributed by atoms with Crippen LogP contribution < -0.4 is 15.8 Å². The van der Waals surface area contributed by atoms with Gasteiger partial charge in [0.25, 0.3) is 5.91 Å². The summed E-state index contributed by atoms with van der Waals surface area (Å²) in [5.41, 5.74) is 8.34. The lowest BCUT2D eigenvalue weighted by Crippen LogP contribution is -2.10. The number of aryl methyl sites for hydroxylation is 1. The molecule has 0 bridgehead atoms. The molecule has 0 saturated heterocycles. The van der Waals surface area contributed by atoms with Crippen LogP contribution >= 0.6 is 23.1 Å². The molecule has 3 N–H and O–H groups in total. The predicted molar refractivity (Wildman–Crippen MR) is 89.5 cm³/mol. The summed E-state index contributed by atoms with van der Waals surface area (Å²) in [6, 6.07) is 7.26. The van der Waals surface area contributed by atoms with Gasteiger partial charge in [0.05, 0.1) is 17.7 Å². The summed E-state index contributed by atoms with van der Waals surface area (Å²) < 4.78 is 5.11. The van der Waals surface area contributed by atoms with Crippen LogP contribution in [0.5, 0.6) is 5.75 Å². The van der Waals surface area contributed by atoms with Gasteiger partial charge in [-0.1, -0.05) is 0 Å². The fourth-order valence-electron chi connectivity index (χ4n) is 2.26. The molecule has 3 rings (SSSR count). The minimum absolute atomic E-state index is 0.0797. The fraction of sp³-hybridized carbons (Fsp3) is 0.267. The smallest absolute Gasteiger partial charge is 0.265 e. The summed E-state index contributed by atoms with van der Waals surface area (Å²) in [6.07, 6.45) is 1.06. The van der Waals surface area contributed by atoms with E-state index in [4.69, 9.17) is 10.5 Å². The molecule has 6 heteroatoms. The van der Waals surface area contributed by atoms with Crippen molar-refractivity contribution >= 4 is 40.4 Å². The van der Waals surface area contributed by atoms with E-state index in [1.54, 1.807) is 36.6 Å². The Morgan fingerprint density at radius 3 is 2.95 bits per heavy atom. The number of hydrogen-bond acceptors (Lipinski definition) is 5. The monoisotopic (exact) mass is 320 g/mol. The van der Waals surface area contributed by atoms with Crippen LogP contribution in [0.15, 0.2) is 24.3 Å². The van der Waals surface area contributed by atoms with Crippen molar-refractivity contribution in [3.05, 3.63) is 39.6 Å². The van der Waals surface area contributed by atoms with Gasteiger partial charge in [-0.15, -0.1) is 11.3 Å². The van der Waals surface area contributed by atoms with E-state index in [0.717, 1.165) is 22.8 Å². The molecule has 2 aromatic rings. The molecule has 0 fully saturated rings. The average molecular weight is 320 g/mol. The Labute approximate surface area is 131 Å². The van der Waals surface area contributed by atoms with E-state index in [0.29, 0.717) is 17.1 Å². The molecule has 4 nitrogen and oxygen atoms in total. The molecule has 0 unspecified atom stereocenters. The molecular formula is C15H16N2O2S2. The van der Waals surface area contributed by atoms with Crippen molar-refractivity contribution in [2.75, 3.05) is 23.9 Å². The predicted octanol–water partition coefficient (Wildman–Crippen LogP) is 3.38. The van der Waals surface area contributed by atoms with Gasteiger partial charge >= 0.3 is 0 Å². The van der Waals surface area contributed by atoms with E-state index in [-0.39, 0.29) is 5.91 Å². The van der Waals surface area contributed by atoms with Crippen molar-refractivity contribution in [3.63, 3.8) is 0 Å². The summed E-state index contributed by atoms with van der Waals surface area (Å²) in [5, 5.41) is 2.89. The number of nitrogens with one attached hydrogen (secondary N) is 1. The average Bonchev–Trinajstić information content (AvgIpc) is 2.91. The fourth-order valence-corrected chi connectivity index (χ4v) is 4.53. The van der Waals surface area contributed by atoms with E-state index < -0.39 is 0 Å². The van der Waals surface area contributed by atoms with Crippen molar-refractivity contribution < 1.29 is 9.53 Å². The van der Waals surface area contributed by atoms with Crippen LogP contribution in [-0.4, -0.2) is 18.8 Å². The molecular weight excluding hydrogens is 304 g/mol. The number of anilines is 2. The number of carbonyl (C=O) groups is 1. The number of hydrogen-bond donors (Lipinski definition) is 2. The Morgan fingerprint density at radius 1 is 1.38 bits per heavy atom. The van der Waals surface area contributed by atoms with Crippen molar-refractivity contribution in [3.8, 4) is 5.75 Å². The third kappa shape index (κ3) is 3.01. The molecule has 0 atom stereocenters. The Kier molecular flexibility index (Phi) is 4.07. The van der Waals surface area contributed by atoms with E-state index in [1.165, 1.54) is 10.4 Å². The number of nitrogen functional groups attached to an aromatic ring is 1. The number of thioether (sulfide) groups is 1. The van der Waals surface area contributed by atoms with Gasteiger partial charge in [0.15, 0.2) is 0 Å². The molecule has 1 aromatic heterocycles. The minimum Gasteiger partial charge on any atom is -0.495 e. The van der Waals surface area contributed by atoms with Gasteiger partial charge in [0, 0.05) is 16.3 Å². The molecule has 21 heavy (non-hydrogen) atoms. The molecule has 1 amide bonds. The number of ether oxygens (including phenoxy) is 1. The minimum atomic E-state index is -0.0797. The van der Waals surface area contributed by atoms with Crippen molar-refractivity contribution in [1.82, 2.24) is 0 Å². The van der Waals surface area contributed by atoms with Gasteiger partial charge in [-0.3, -0.25) is 4.79 Å². The van der Waals surface area contributed by atoms with Gasteiger partial charge in [0.2, 0.25) is 0 Å². The maximum atomic E-state index is 12.3. The van der Waals surface area contributed by atoms with E-state index in [2.05, 4.69) is 5.32 Å². The van der Waals surface area contributed by atoms with Crippen LogP contribution in [0.1, 0.15) is 20.1 Å². The van der Waals surface area contributed by atoms with Crippen LogP contribution in [0, 0.1) is 0 Å². The molecule has 0 radical (unpaired) electrons. The normalized spacial score (nSPS) is 13.6. The quantitative estimate of drug-likeness (QED) is 0.851. The molecule has 0 saturated carbocycles. The highest BCUT2D eigenvalue weighted by Crippen LogP contribution is 2.32. The first-order valence-electron chi connectivity index (χ1n) is 6.61. The number of methoxy groups -OCH3 is 1. The molecule has 110 valence electrons. The lowest BCUT2D eigenvalue weighted by Gasteiger charge is -2.08. The Balaban J connectivity index is 1.77. The first-order valence-corrected chi connectivity index (χ1v) is 8.58. The highest BCUT2D eigenvalue weighted by atomic mass is 32.2. The lowest BCUT2D eigenvalue weighted by molar-refractivity contribution is 0.103. The summed E-state index contributed by atoms with van der Waals surface area (Å²) >= 11 is 3.51. The first-order chi connectivity index (χ1) is 10.2. The second kappa shape index (κ2) is 5.99. The highest BCUT2D eigenvalue weighted by molar-refractivity contribution is 7.98. The number of rotatable bonds is 3. The summed E-state index contributed by atoms with van der Waals surface area (Å²) in [7, 11) is 1.57. The molecule has 1 aliphatic heterocycles. The van der Waals surface area contributed by atoms with Crippen molar-refractivity contribution in [2.24, 2.45) is 0 Å². The topological polar surface area (TPSA) is 64.3 Å². The lowest BCUT2D eigenvalue weighted by atomic mass is 10.2. The van der Waals surface area contributed by atoms with Crippen LogP contribution in [-0.2, 0) is 12.2 Å². The van der Waals surface area contributed by atoms with Crippen LogP contribution in [0.4, 0.5) is 11.4 Å². The second-order valence-corrected chi connectivity index (χ2v) is 7.01. The number of nitrogens with two attached hydrogens (primary N) is 1. The zero-order valence-corrected chi connectivity index (χ0v) is 13.3. The van der Waals surface area contributed by atoms with E-state index in [9.17, 15) is 4.79 Å². The SMILES string of the molecule is COc1ccc(NC(=O)c2cc3c(s2)CCSC3)cc1N. The number of carbonyl (C=O) groups excluding carboxylic acids is 1. The highest BCUT2D eigenvalue weighted by Gasteiger charge is 2.17. The molecule has 0 aliphatic carbocycles. The largest absolute Gasteiger partial charge is 0.495 e. The van der Waals surface area contributed by atoms with Gasteiger partial charge < -0.3 is 15.8 Å². The summed E-state index contributed by atoms with van der Waals surface area (Å²) in [5.74, 6) is 2.68. The van der Waals surface area contributed by atoms with Gasteiger partial charge in [-0.2, -0.15) is 11.8 Å². The van der Waals surface area contributed by atoms with E-state index >= 15 is 0 Å². The second-order valence-electron chi connectivity index (χ2n) is 4.77. The summed E-state index contributed by atoms with van der Waals surface area (Å²) in [4.78, 5) is 14.4. The standard InChI is InChI=1S/C15H16N2O2S2/c1-19-12-3-2-10(7-11(12)16)17-15(18)14-6-9-8-20-5-4-13(9)21-14/h2-3,6-7H,4-5,8,16H2,1H3,(H,17,18). The van der Waals surface area contributed by atoms with Gasteiger partial charge in [0.1, 0.15) is 5.75 Å². The van der Waals surface area contributed by atoms with Crippen molar-refractivity contribution in [1.29, 1.82) is 0 Å². The van der Waals surface area contributed by atoms with Gasteiger partial charge in [-0.05, 0) is 42.0 Å². The summed E-state index contributed by atoms with van der Waals surface area (Å²) in [6.45, 7) is 0. The molecule has 1 aliphatic rings. The Morgan fingerprint density at radius 2 is 2.24 bits per heavy atom. The third-order valence-corrected chi connectivity index (χ3v) is 5.58. The Bertz CT molecular complexity index is 659. The third-order valence-electron chi connectivity index (χ3n) is 3.34. The van der Waals surface area contributed by atoms with Crippen LogP contribution in [0.2, 0.25) is 0 Å². The van der Waals surface area contributed by atoms with E-state index in [1.807, 2.05) is 17.8 Å². The van der Waals surface area contributed by atoms with Crippen molar-refractivity contribution in [2.45, 2.75) is 12.2 Å².